The Balaban J connectivity index is 1.68. The number of aromatic nitrogens is 4. The number of imidazole rings is 1. The van der Waals surface area contributed by atoms with E-state index < -0.39 is 0 Å². The van der Waals surface area contributed by atoms with E-state index >= 15 is 0 Å². The fourth-order valence-corrected chi connectivity index (χ4v) is 2.96. The third-order valence-electron chi connectivity index (χ3n) is 4.53. The number of anilines is 4. The van der Waals surface area contributed by atoms with Gasteiger partial charge in [0.25, 0.3) is 0 Å². The van der Waals surface area contributed by atoms with Crippen LogP contribution in [0.5, 0.6) is 5.75 Å². The van der Waals surface area contributed by atoms with E-state index in [0.717, 1.165) is 17.1 Å². The molecule has 0 fully saturated rings. The maximum atomic E-state index is 9.68. The van der Waals surface area contributed by atoms with Crippen molar-refractivity contribution in [1.82, 2.24) is 19.4 Å². The number of aromatic hydroxyl groups is 1. The summed E-state index contributed by atoms with van der Waals surface area (Å²) in [4.78, 5) is 15.3. The van der Waals surface area contributed by atoms with Crippen molar-refractivity contribution >= 4 is 28.7 Å². The number of nitrogens with zero attached hydrogens (tertiary/aromatic N) is 5. The van der Waals surface area contributed by atoms with Crippen molar-refractivity contribution in [2.75, 3.05) is 36.1 Å². The minimum Gasteiger partial charge on any atom is -0.506 e. The van der Waals surface area contributed by atoms with E-state index in [4.69, 9.17) is 15.8 Å². The van der Waals surface area contributed by atoms with Crippen molar-refractivity contribution in [3.8, 4) is 17.0 Å². The van der Waals surface area contributed by atoms with E-state index in [9.17, 15) is 5.11 Å². The predicted molar refractivity (Wildman–Crippen MR) is 112 cm³/mol. The smallest absolute Gasteiger partial charge is 0.180 e. The first-order valence-corrected chi connectivity index (χ1v) is 9.03. The average Bonchev–Trinajstić information content (AvgIpc) is 3.20. The molecule has 5 N–H and O–H groups in total. The van der Waals surface area contributed by atoms with Crippen molar-refractivity contribution in [3.05, 3.63) is 55.1 Å². The van der Waals surface area contributed by atoms with Gasteiger partial charge in [-0.25, -0.2) is 15.0 Å². The van der Waals surface area contributed by atoms with Crippen LogP contribution in [0.25, 0.3) is 16.9 Å². The molecule has 148 valence electrons. The van der Waals surface area contributed by atoms with Gasteiger partial charge < -0.3 is 30.6 Å². The summed E-state index contributed by atoms with van der Waals surface area (Å²) in [7, 11) is 1.87. The lowest BCUT2D eigenvalue weighted by atomic mass is 10.1. The van der Waals surface area contributed by atoms with Crippen LogP contribution in [0.1, 0.15) is 0 Å². The van der Waals surface area contributed by atoms with E-state index in [-0.39, 0.29) is 18.0 Å². The molecule has 0 atom stereocenters. The van der Waals surface area contributed by atoms with E-state index in [1.165, 1.54) is 0 Å². The van der Waals surface area contributed by atoms with Gasteiger partial charge in [0.2, 0.25) is 0 Å². The molecule has 0 saturated carbocycles. The first kappa shape index (κ1) is 18.5. The molecule has 9 nitrogen and oxygen atoms in total. The Bertz CT molecular complexity index is 1140. The maximum absolute atomic E-state index is 9.68. The minimum atomic E-state index is 0.0353. The van der Waals surface area contributed by atoms with Gasteiger partial charge in [-0.15, -0.1) is 0 Å². The second-order valence-corrected chi connectivity index (χ2v) is 6.58. The Labute approximate surface area is 167 Å². The van der Waals surface area contributed by atoms with Gasteiger partial charge in [-0.3, -0.25) is 0 Å². The third kappa shape index (κ3) is 3.76. The second kappa shape index (κ2) is 7.64. The van der Waals surface area contributed by atoms with E-state index in [2.05, 4.69) is 15.3 Å². The van der Waals surface area contributed by atoms with Crippen molar-refractivity contribution in [2.45, 2.75) is 0 Å². The van der Waals surface area contributed by atoms with Crippen LogP contribution in [0.2, 0.25) is 0 Å². The van der Waals surface area contributed by atoms with Crippen LogP contribution in [0.15, 0.2) is 55.1 Å². The summed E-state index contributed by atoms with van der Waals surface area (Å²) < 4.78 is 1.87. The van der Waals surface area contributed by atoms with Crippen LogP contribution in [-0.4, -0.2) is 49.8 Å². The fraction of sp³-hybridized carbons (Fsp3) is 0.150. The molecule has 29 heavy (non-hydrogen) atoms. The minimum absolute atomic E-state index is 0.0353. The number of phenols is 1. The lowest BCUT2D eigenvalue weighted by Gasteiger charge is -2.17. The number of hydrogen-bond acceptors (Lipinski definition) is 8. The van der Waals surface area contributed by atoms with Gasteiger partial charge in [-0.05, 0) is 30.3 Å². The van der Waals surface area contributed by atoms with Gasteiger partial charge in [-0.2, -0.15) is 0 Å². The first-order valence-electron chi connectivity index (χ1n) is 9.03. The Morgan fingerprint density at radius 3 is 2.79 bits per heavy atom. The topological polar surface area (TPSA) is 125 Å². The standard InChI is InChI=1S/C20H21N7O2/c1-26(8-9-28)18-5-3-14(11-23-18)24-19-20-22-6-7-27(20)12-16(25-19)13-2-4-17(29)15(21)10-13/h2-7,10-12,28-29H,8-9,21H2,1H3,(H,24,25). The molecule has 0 bridgehead atoms. The number of benzene rings is 1. The highest BCUT2D eigenvalue weighted by Crippen LogP contribution is 2.29. The van der Waals surface area contributed by atoms with E-state index in [1.807, 2.05) is 40.9 Å². The molecule has 3 heterocycles. The number of aliphatic hydroxyl groups is 1. The number of nitrogens with one attached hydrogen (secondary N) is 1. The van der Waals surface area contributed by atoms with Crippen molar-refractivity contribution in [2.24, 2.45) is 0 Å². The summed E-state index contributed by atoms with van der Waals surface area (Å²) in [5, 5.41) is 22.0. The summed E-state index contributed by atoms with van der Waals surface area (Å²) in [6.45, 7) is 0.572. The highest BCUT2D eigenvalue weighted by Gasteiger charge is 2.11. The molecule has 1 aromatic carbocycles. The number of aliphatic hydroxyl groups excluding tert-OH is 1. The van der Waals surface area contributed by atoms with Crippen LogP contribution in [-0.2, 0) is 0 Å². The molecule has 0 amide bonds. The van der Waals surface area contributed by atoms with Gasteiger partial charge in [0.15, 0.2) is 11.5 Å². The van der Waals surface area contributed by atoms with Crippen molar-refractivity contribution < 1.29 is 10.2 Å². The Morgan fingerprint density at radius 1 is 1.21 bits per heavy atom. The number of pyridine rings is 1. The molecule has 3 aromatic heterocycles. The molecule has 0 saturated heterocycles. The van der Waals surface area contributed by atoms with Crippen LogP contribution < -0.4 is 16.0 Å². The monoisotopic (exact) mass is 391 g/mol. The van der Waals surface area contributed by atoms with Gasteiger partial charge in [0.05, 0.1) is 29.9 Å². The highest BCUT2D eigenvalue weighted by molar-refractivity contribution is 5.75. The van der Waals surface area contributed by atoms with E-state index in [0.29, 0.717) is 23.7 Å². The number of rotatable bonds is 6. The second-order valence-electron chi connectivity index (χ2n) is 6.58. The number of hydrogen-bond donors (Lipinski definition) is 4. The normalized spacial score (nSPS) is 11.0. The molecular formula is C20H21N7O2. The molecule has 0 unspecified atom stereocenters. The fourth-order valence-electron chi connectivity index (χ4n) is 2.96. The lowest BCUT2D eigenvalue weighted by Crippen LogP contribution is -2.22. The van der Waals surface area contributed by atoms with E-state index in [1.54, 1.807) is 30.6 Å². The lowest BCUT2D eigenvalue weighted by molar-refractivity contribution is 0.304. The summed E-state index contributed by atoms with van der Waals surface area (Å²) >= 11 is 0. The molecular weight excluding hydrogens is 370 g/mol. The SMILES string of the molecule is CN(CCO)c1ccc(Nc2nc(-c3ccc(O)c(N)c3)cn3ccnc23)cn1. The first-order chi connectivity index (χ1) is 14.0. The number of likely N-dealkylation sites (N-methyl/N-ethyl adjacent to an activating group) is 1. The largest absolute Gasteiger partial charge is 0.506 e. The Morgan fingerprint density at radius 2 is 2.07 bits per heavy atom. The zero-order chi connectivity index (χ0) is 20.4. The highest BCUT2D eigenvalue weighted by atomic mass is 16.3. The molecule has 0 aliphatic carbocycles. The molecule has 0 spiro atoms. The number of nitrogens with two attached hydrogens (primary N) is 1. The van der Waals surface area contributed by atoms with Crippen LogP contribution in [0.3, 0.4) is 0 Å². The van der Waals surface area contributed by atoms with Gasteiger partial charge in [0, 0.05) is 37.7 Å². The zero-order valence-electron chi connectivity index (χ0n) is 15.8. The molecule has 0 radical (unpaired) electrons. The summed E-state index contributed by atoms with van der Waals surface area (Å²) in [5.41, 5.74) is 9.00. The van der Waals surface area contributed by atoms with Crippen LogP contribution in [0, 0.1) is 0 Å². The maximum Gasteiger partial charge on any atom is 0.180 e. The van der Waals surface area contributed by atoms with Gasteiger partial charge in [-0.1, -0.05) is 0 Å². The summed E-state index contributed by atoms with van der Waals surface area (Å²) in [5.74, 6) is 1.36. The van der Waals surface area contributed by atoms with Gasteiger partial charge >= 0.3 is 0 Å². The summed E-state index contributed by atoms with van der Waals surface area (Å²) in [6.07, 6.45) is 7.09. The number of phenolic OH excluding ortho intramolecular Hbond substituents is 1. The van der Waals surface area contributed by atoms with Crippen molar-refractivity contribution in [3.63, 3.8) is 0 Å². The molecule has 4 aromatic rings. The number of nitrogen functional groups attached to an aromatic ring is 1. The Hall–Kier alpha value is -3.85. The van der Waals surface area contributed by atoms with Crippen LogP contribution in [0.4, 0.5) is 23.0 Å². The zero-order valence-corrected chi connectivity index (χ0v) is 15.8. The Kier molecular flexibility index (Phi) is 4.88. The average molecular weight is 391 g/mol. The van der Waals surface area contributed by atoms with Gasteiger partial charge in [0.1, 0.15) is 11.6 Å². The quantitative estimate of drug-likeness (QED) is 0.291. The molecule has 0 aliphatic heterocycles. The van der Waals surface area contributed by atoms with Crippen molar-refractivity contribution in [1.29, 1.82) is 0 Å². The van der Waals surface area contributed by atoms with Crippen LogP contribution >= 0.6 is 0 Å². The summed E-state index contributed by atoms with van der Waals surface area (Å²) in [6, 6.07) is 8.74. The molecule has 9 heteroatoms. The molecule has 0 aliphatic rings. The third-order valence-corrected chi connectivity index (χ3v) is 4.53. The predicted octanol–water partition coefficient (Wildman–Crippen LogP) is 2.25. The molecule has 4 rings (SSSR count). The number of fused-ring (bicyclic) bond motifs is 1.